The van der Waals surface area contributed by atoms with Gasteiger partial charge in [0.15, 0.2) is 0 Å². The van der Waals surface area contributed by atoms with Crippen LogP contribution in [0.25, 0.3) is 0 Å². The molecule has 1 saturated carbocycles. The molecule has 1 amide bonds. The molecule has 0 unspecified atom stereocenters. The fourth-order valence-corrected chi connectivity index (χ4v) is 8.48. The Bertz CT molecular complexity index is 1340. The molecule has 3 fully saturated rings. The van der Waals surface area contributed by atoms with Gasteiger partial charge < -0.3 is 4.74 Å². The van der Waals surface area contributed by atoms with Gasteiger partial charge in [0.25, 0.3) is 5.91 Å². The van der Waals surface area contributed by atoms with E-state index in [-0.39, 0.29) is 55.7 Å². The molecule has 2 aromatic carbocycles. The van der Waals surface area contributed by atoms with Gasteiger partial charge in [-0.2, -0.15) is 4.31 Å². The topological polar surface area (TPSA) is 76.0 Å². The minimum Gasteiger partial charge on any atom is -0.381 e. The van der Waals surface area contributed by atoms with E-state index in [9.17, 15) is 13.2 Å². The van der Waals surface area contributed by atoms with Crippen LogP contribution in [0.4, 0.5) is 8.78 Å². The molecule has 9 heteroatoms. The zero-order valence-electron chi connectivity index (χ0n) is 22.5. The predicted octanol–water partition coefficient (Wildman–Crippen LogP) is 5.71. The van der Waals surface area contributed by atoms with Crippen molar-refractivity contribution in [1.82, 2.24) is 4.31 Å². The van der Waals surface area contributed by atoms with Crippen molar-refractivity contribution in [3.8, 4) is 0 Å². The number of halogens is 2. The van der Waals surface area contributed by atoms with Crippen molar-refractivity contribution in [2.24, 2.45) is 16.8 Å². The summed E-state index contributed by atoms with van der Waals surface area (Å²) in [5.74, 6) is -1.10. The first kappa shape index (κ1) is 28.1. The molecule has 39 heavy (non-hydrogen) atoms. The zero-order chi connectivity index (χ0) is 27.8. The Hall–Kier alpha value is -2.49. The molecule has 5 rings (SSSR count). The van der Waals surface area contributed by atoms with E-state index in [0.29, 0.717) is 24.3 Å². The third-order valence-electron chi connectivity index (χ3n) is 8.74. The molecule has 2 aromatic rings. The number of aliphatic imine (C=N–C) groups is 1. The summed E-state index contributed by atoms with van der Waals surface area (Å²) in [7, 11) is -3.81. The van der Waals surface area contributed by atoms with Crippen molar-refractivity contribution in [2.45, 2.75) is 75.6 Å². The number of hydrogen-bond donors (Lipinski definition) is 0. The summed E-state index contributed by atoms with van der Waals surface area (Å²) in [6, 6.07) is 10.8. The number of carbonyl (C=O) groups is 1. The van der Waals surface area contributed by atoms with Crippen molar-refractivity contribution in [3.63, 3.8) is 0 Å². The highest BCUT2D eigenvalue weighted by atomic mass is 32.2. The second-order valence-corrected chi connectivity index (χ2v) is 13.5. The molecule has 2 saturated heterocycles. The van der Waals surface area contributed by atoms with E-state index in [1.165, 1.54) is 4.31 Å². The number of hydrogen-bond acceptors (Lipinski definition) is 4. The lowest BCUT2D eigenvalue weighted by molar-refractivity contribution is -0.127. The number of ether oxygens (including phenoxy) is 1. The summed E-state index contributed by atoms with van der Waals surface area (Å²) in [4.78, 5) is 17.6. The molecule has 0 aromatic heterocycles. The summed E-state index contributed by atoms with van der Waals surface area (Å²) in [5, 5.41) is -0.735. The maximum atomic E-state index is 15.8. The lowest BCUT2D eigenvalue weighted by Gasteiger charge is -2.38. The van der Waals surface area contributed by atoms with Crippen LogP contribution in [0.1, 0.15) is 74.3 Å². The second-order valence-electron chi connectivity index (χ2n) is 11.5. The van der Waals surface area contributed by atoms with Crippen LogP contribution < -0.4 is 0 Å². The largest absolute Gasteiger partial charge is 0.381 e. The van der Waals surface area contributed by atoms with Crippen molar-refractivity contribution < 1.29 is 26.7 Å². The summed E-state index contributed by atoms with van der Waals surface area (Å²) < 4.78 is 65.3. The number of amides is 1. The van der Waals surface area contributed by atoms with Crippen LogP contribution in [-0.2, 0) is 31.5 Å². The van der Waals surface area contributed by atoms with Crippen molar-refractivity contribution in [3.05, 3.63) is 70.8 Å². The standard InChI is InChI=1S/C30H36F2N2O4S/c1-20-14-22(15-20)18-33-29(35)30(10-12-38-13-11-30)25-17-26(31)24(16-27(25)32)19-34-21(2)8-9-28(39(34,36)37)23-6-4-3-5-7-23/h3-7,16-18,20-22,28H,8-15,19H2,1-2H3/t20?,21-,22?,28+/m0/s1. The Labute approximate surface area is 229 Å². The van der Waals surface area contributed by atoms with Crippen LogP contribution in [0.2, 0.25) is 0 Å². The Kier molecular flexibility index (Phi) is 8.04. The van der Waals surface area contributed by atoms with Gasteiger partial charge in [-0.15, -0.1) is 0 Å². The molecule has 0 bridgehead atoms. The van der Waals surface area contributed by atoms with Crippen molar-refractivity contribution in [2.75, 3.05) is 13.2 Å². The summed E-state index contributed by atoms with van der Waals surface area (Å²) in [5.41, 5.74) is -0.709. The second kappa shape index (κ2) is 11.2. The first-order valence-electron chi connectivity index (χ1n) is 13.8. The van der Waals surface area contributed by atoms with Gasteiger partial charge in [0.1, 0.15) is 16.9 Å². The Morgan fingerprint density at radius 1 is 1.08 bits per heavy atom. The van der Waals surface area contributed by atoms with Gasteiger partial charge in [-0.3, -0.25) is 4.79 Å². The first-order chi connectivity index (χ1) is 18.6. The van der Waals surface area contributed by atoms with E-state index in [4.69, 9.17) is 4.74 Å². The molecule has 0 spiro atoms. The fraction of sp³-hybridized carbons (Fsp3) is 0.533. The zero-order valence-corrected chi connectivity index (χ0v) is 23.3. The molecule has 2 atom stereocenters. The molecule has 0 radical (unpaired) electrons. The summed E-state index contributed by atoms with van der Waals surface area (Å²) >= 11 is 0. The van der Waals surface area contributed by atoms with Crippen LogP contribution in [0, 0.1) is 23.5 Å². The van der Waals surface area contributed by atoms with Crippen LogP contribution in [-0.4, -0.2) is 44.1 Å². The van der Waals surface area contributed by atoms with Crippen molar-refractivity contribution in [1.29, 1.82) is 0 Å². The third kappa shape index (κ3) is 5.45. The van der Waals surface area contributed by atoms with Crippen LogP contribution in [0.15, 0.2) is 47.5 Å². The van der Waals surface area contributed by atoms with Crippen molar-refractivity contribution >= 4 is 22.1 Å². The fourth-order valence-electron chi connectivity index (χ4n) is 6.30. The van der Waals surface area contributed by atoms with Gasteiger partial charge in [-0.05, 0) is 75.0 Å². The van der Waals surface area contributed by atoms with Gasteiger partial charge in [0.05, 0.1) is 5.41 Å². The number of nitrogens with zero attached hydrogens (tertiary/aromatic N) is 2. The first-order valence-corrected chi connectivity index (χ1v) is 15.3. The molecule has 3 aliphatic rings. The Morgan fingerprint density at radius 3 is 2.44 bits per heavy atom. The number of rotatable bonds is 6. The maximum Gasteiger partial charge on any atom is 0.256 e. The number of carbonyl (C=O) groups excluding carboxylic acids is 1. The van der Waals surface area contributed by atoms with E-state index in [1.807, 2.05) is 6.07 Å². The van der Waals surface area contributed by atoms with Gasteiger partial charge in [0, 0.05) is 43.1 Å². The van der Waals surface area contributed by atoms with Gasteiger partial charge in [-0.25, -0.2) is 22.2 Å². The quantitative estimate of drug-likeness (QED) is 0.426. The minimum atomic E-state index is -3.81. The van der Waals surface area contributed by atoms with Crippen LogP contribution in [0.5, 0.6) is 0 Å². The highest BCUT2D eigenvalue weighted by Crippen LogP contribution is 2.41. The molecule has 1 aliphatic carbocycles. The van der Waals surface area contributed by atoms with Gasteiger partial charge in [0.2, 0.25) is 10.0 Å². The smallest absolute Gasteiger partial charge is 0.256 e. The summed E-state index contributed by atoms with van der Waals surface area (Å²) in [6.07, 6.45) is 5.07. The average Bonchev–Trinajstić information content (AvgIpc) is 2.90. The van der Waals surface area contributed by atoms with E-state index >= 15 is 8.78 Å². The Balaban J connectivity index is 1.43. The molecular weight excluding hydrogens is 522 g/mol. The van der Waals surface area contributed by atoms with Gasteiger partial charge >= 0.3 is 0 Å². The third-order valence-corrected chi connectivity index (χ3v) is 11.1. The summed E-state index contributed by atoms with van der Waals surface area (Å²) in [6.45, 7) is 4.14. The van der Waals surface area contributed by atoms with Gasteiger partial charge in [-0.1, -0.05) is 37.3 Å². The van der Waals surface area contributed by atoms with E-state index in [1.54, 1.807) is 37.4 Å². The lowest BCUT2D eigenvalue weighted by Crippen LogP contribution is -2.45. The highest BCUT2D eigenvalue weighted by Gasteiger charge is 2.45. The van der Waals surface area contributed by atoms with Crippen LogP contribution >= 0.6 is 0 Å². The number of sulfonamides is 1. The normalized spacial score (nSPS) is 28.7. The molecule has 0 N–H and O–H groups in total. The molecule has 2 aliphatic heterocycles. The lowest BCUT2D eigenvalue weighted by atomic mass is 9.72. The number of benzene rings is 2. The minimum absolute atomic E-state index is 0.0344. The molecular formula is C30H36F2N2O4S. The SMILES string of the molecule is CC1CC(C=NC(=O)C2(c3cc(F)c(CN4[C@@H](C)CC[C@H](c5ccccc5)S4(=O)=O)cc3F)CCOCC2)C1. The van der Waals surface area contributed by atoms with E-state index in [2.05, 4.69) is 11.9 Å². The van der Waals surface area contributed by atoms with E-state index < -0.39 is 38.2 Å². The monoisotopic (exact) mass is 558 g/mol. The molecule has 6 nitrogen and oxygen atoms in total. The highest BCUT2D eigenvalue weighted by molar-refractivity contribution is 7.89. The Morgan fingerprint density at radius 2 is 1.77 bits per heavy atom. The molecule has 2 heterocycles. The predicted molar refractivity (Wildman–Crippen MR) is 146 cm³/mol. The van der Waals surface area contributed by atoms with E-state index in [0.717, 1.165) is 25.0 Å². The van der Waals surface area contributed by atoms with Crippen LogP contribution in [0.3, 0.4) is 0 Å². The maximum absolute atomic E-state index is 15.8. The average molecular weight is 559 g/mol. The molecule has 210 valence electrons.